The predicted molar refractivity (Wildman–Crippen MR) is 206 cm³/mol. The average Bonchev–Trinajstić information content (AvgIpc) is 3.16. The van der Waals surface area contributed by atoms with Crippen molar-refractivity contribution in [3.05, 3.63) is 128 Å². The van der Waals surface area contributed by atoms with E-state index in [0.717, 1.165) is 12.1 Å². The Labute approximate surface area is 364 Å². The van der Waals surface area contributed by atoms with Crippen LogP contribution in [0.4, 0.5) is 34.1 Å². The molecular weight excluding hydrogens is 910 g/mol. The van der Waals surface area contributed by atoms with E-state index < -0.39 is 39.9 Å². The molecule has 0 aliphatic rings. The molecule has 0 saturated carbocycles. The number of fused-ring (bicyclic) bond motifs is 2. The van der Waals surface area contributed by atoms with Crippen LogP contribution < -0.4 is 0 Å². The smallest absolute Gasteiger partial charge is 0.744 e. The Balaban J connectivity index is 0.000000248. The maximum absolute atomic E-state index is 11.6. The zero-order valence-corrected chi connectivity index (χ0v) is 35.9. The van der Waals surface area contributed by atoms with Crippen LogP contribution in [0.5, 0.6) is 11.5 Å². The second-order valence-corrected chi connectivity index (χ2v) is 14.4. The second kappa shape index (κ2) is 18.4. The predicted octanol–water partition coefficient (Wildman–Crippen LogP) is 8.29. The molecule has 0 spiro atoms. The third kappa shape index (κ3) is 10.2. The molecule has 0 fully saturated rings. The molecule has 0 aliphatic carbocycles. The molecule has 0 heterocycles. The third-order valence-corrected chi connectivity index (χ3v) is 10.0. The Morgan fingerprint density at radius 2 is 0.930 bits per heavy atom. The van der Waals surface area contributed by atoms with Crippen LogP contribution in [0.2, 0.25) is 0 Å². The van der Waals surface area contributed by atoms with Crippen molar-refractivity contribution in [3.8, 4) is 11.5 Å². The van der Waals surface area contributed by atoms with Gasteiger partial charge in [0.1, 0.15) is 43.1 Å². The number of rotatable bonds is 10. The third-order valence-electron chi connectivity index (χ3n) is 8.28. The van der Waals surface area contributed by atoms with Crippen LogP contribution in [0.1, 0.15) is 25.0 Å². The van der Waals surface area contributed by atoms with Gasteiger partial charge in [-0.3, -0.25) is 20.2 Å². The van der Waals surface area contributed by atoms with Gasteiger partial charge in [0.05, 0.1) is 31.0 Å². The van der Waals surface area contributed by atoms with E-state index in [1.165, 1.54) is 72.8 Å². The number of aryl methyl sites for hydroxylation is 2. The van der Waals surface area contributed by atoms with E-state index in [-0.39, 0.29) is 93.9 Å². The maximum atomic E-state index is 11.6. The molecule has 57 heavy (non-hydrogen) atoms. The van der Waals surface area contributed by atoms with Gasteiger partial charge in [0.25, 0.3) is 11.4 Å². The molecule has 6 aromatic carbocycles. The van der Waals surface area contributed by atoms with E-state index in [0.29, 0.717) is 46.1 Å². The monoisotopic (exact) mass is 938 g/mol. The summed E-state index contributed by atoms with van der Waals surface area (Å²) in [5.74, 6) is -0.709. The summed E-state index contributed by atoms with van der Waals surface area (Å²) in [6.45, 7) is 3.57. The van der Waals surface area contributed by atoms with E-state index in [4.69, 9.17) is 0 Å². The SMILES string of the molecule is CCc1cc([N+](=O)[O-])ccc1N=Nc1c(O)ccc2cccc(S(=O)(=O)[O-])c12.CCc1cc([N+](=O)[O-])ccc1N=Nc1c(O)ccc2cccc(S(=O)(=O)[O-])c12.[Ba+2]. The maximum Gasteiger partial charge on any atom is 2.00 e. The number of azo groups is 2. The van der Waals surface area contributed by atoms with Crippen molar-refractivity contribution in [2.45, 2.75) is 36.5 Å². The summed E-state index contributed by atoms with van der Waals surface area (Å²) in [5, 5.41) is 58.9. The number of benzene rings is 6. The fraction of sp³-hybridized carbons (Fsp3) is 0.111. The van der Waals surface area contributed by atoms with E-state index in [9.17, 15) is 56.4 Å². The molecule has 0 atom stereocenters. The van der Waals surface area contributed by atoms with E-state index in [1.807, 2.05) is 0 Å². The van der Waals surface area contributed by atoms with Gasteiger partial charge >= 0.3 is 48.9 Å². The van der Waals surface area contributed by atoms with Crippen LogP contribution in [0.25, 0.3) is 21.5 Å². The minimum atomic E-state index is -4.82. The number of nitrogens with zero attached hydrogens (tertiary/aromatic N) is 6. The number of hydrogen-bond donors (Lipinski definition) is 2. The molecule has 6 aromatic rings. The quantitative estimate of drug-likeness (QED) is 0.0431. The summed E-state index contributed by atoms with van der Waals surface area (Å²) >= 11 is 0. The summed E-state index contributed by atoms with van der Waals surface area (Å²) in [5.41, 5.74) is 1.22. The first kappa shape index (κ1) is 44.5. The molecule has 18 nitrogen and oxygen atoms in total. The number of non-ortho nitro benzene ring substituents is 2. The molecule has 21 heteroatoms. The van der Waals surface area contributed by atoms with Gasteiger partial charge in [0.15, 0.2) is 0 Å². The number of aromatic hydroxyl groups is 2. The first-order valence-corrected chi connectivity index (χ1v) is 19.1. The van der Waals surface area contributed by atoms with E-state index >= 15 is 0 Å². The first-order chi connectivity index (χ1) is 26.4. The first-order valence-electron chi connectivity index (χ1n) is 16.2. The van der Waals surface area contributed by atoms with Crippen molar-refractivity contribution in [2.24, 2.45) is 20.5 Å². The molecule has 0 aromatic heterocycles. The van der Waals surface area contributed by atoms with Crippen LogP contribution >= 0.6 is 0 Å². The summed E-state index contributed by atoms with van der Waals surface area (Å²) in [4.78, 5) is 19.7. The number of phenolic OH excluding ortho intramolecular Hbond substituents is 2. The van der Waals surface area contributed by atoms with Crippen molar-refractivity contribution in [1.29, 1.82) is 0 Å². The molecule has 6 rings (SSSR count). The topological polar surface area (TPSA) is 291 Å². The van der Waals surface area contributed by atoms with Gasteiger partial charge in [-0.25, -0.2) is 16.8 Å². The van der Waals surface area contributed by atoms with Crippen LogP contribution in [-0.2, 0) is 33.1 Å². The summed E-state index contributed by atoms with van der Waals surface area (Å²) in [7, 11) is -9.63. The van der Waals surface area contributed by atoms with Gasteiger partial charge < -0.3 is 19.3 Å². The summed E-state index contributed by atoms with van der Waals surface area (Å²) < 4.78 is 69.7. The summed E-state index contributed by atoms with van der Waals surface area (Å²) in [6.07, 6.45) is 0.884. The fourth-order valence-electron chi connectivity index (χ4n) is 5.59. The van der Waals surface area contributed by atoms with Gasteiger partial charge in [-0.1, -0.05) is 50.2 Å². The molecule has 0 saturated heterocycles. The molecule has 0 radical (unpaired) electrons. The zero-order chi connectivity index (χ0) is 40.9. The van der Waals surface area contributed by atoms with Crippen LogP contribution in [0.15, 0.2) is 127 Å². The van der Waals surface area contributed by atoms with Gasteiger partial charge in [-0.2, -0.15) is 10.2 Å². The number of nitro groups is 2. The summed E-state index contributed by atoms with van der Waals surface area (Å²) in [6, 6.07) is 21.9. The zero-order valence-electron chi connectivity index (χ0n) is 29.8. The largest absolute Gasteiger partial charge is 2.00 e. The van der Waals surface area contributed by atoms with E-state index in [2.05, 4.69) is 20.5 Å². The molecule has 0 bridgehead atoms. The van der Waals surface area contributed by atoms with Gasteiger partial charge in [0, 0.05) is 35.0 Å². The van der Waals surface area contributed by atoms with Crippen molar-refractivity contribution in [2.75, 3.05) is 0 Å². The Kier molecular flexibility index (Phi) is 14.4. The standard InChI is InChI=1S/2C18H15N3O6S.Ba/c2*1-2-11-10-13(21(23)24)7-8-14(11)19-20-18-15(22)9-6-12-4-3-5-16(17(12)18)28(25,26)27;/h2*3-10,22H,2H2,1H3,(H,25,26,27);/q;;+2/p-2. The van der Waals surface area contributed by atoms with Crippen molar-refractivity contribution >= 4 is 125 Å². The van der Waals surface area contributed by atoms with E-state index in [1.54, 1.807) is 26.0 Å². The number of phenols is 2. The number of hydrogen-bond acceptors (Lipinski definition) is 16. The molecule has 0 unspecified atom stereocenters. The van der Waals surface area contributed by atoms with Crippen LogP contribution in [0.3, 0.4) is 0 Å². The van der Waals surface area contributed by atoms with Gasteiger partial charge in [-0.05, 0) is 71.1 Å². The molecule has 0 aliphatic heterocycles. The van der Waals surface area contributed by atoms with Gasteiger partial charge in [-0.15, -0.1) is 10.2 Å². The minimum absolute atomic E-state index is 0. The fourth-order valence-corrected chi connectivity index (χ4v) is 7.01. The van der Waals surface area contributed by atoms with Crippen molar-refractivity contribution in [1.82, 2.24) is 0 Å². The molecule has 288 valence electrons. The Morgan fingerprint density at radius 3 is 1.25 bits per heavy atom. The van der Waals surface area contributed by atoms with Gasteiger partial charge in [0.2, 0.25) is 0 Å². The normalized spacial score (nSPS) is 11.7. The average molecular weight is 938 g/mol. The Bertz CT molecular complexity index is 2640. The van der Waals surface area contributed by atoms with Crippen LogP contribution in [0, 0.1) is 20.2 Å². The minimum Gasteiger partial charge on any atom is -0.744 e. The van der Waals surface area contributed by atoms with Crippen LogP contribution in [-0.4, -0.2) is 94.9 Å². The Morgan fingerprint density at radius 1 is 0.561 bits per heavy atom. The second-order valence-electron chi connectivity index (χ2n) is 11.7. The Hall–Kier alpha value is -5.17. The number of nitro benzene ring substituents is 2. The van der Waals surface area contributed by atoms with Crippen molar-refractivity contribution < 1.29 is 46.0 Å². The molecule has 2 N–H and O–H groups in total. The molecular formula is C36H28BaN6O12S2. The molecule has 0 amide bonds. The van der Waals surface area contributed by atoms with Crippen molar-refractivity contribution in [3.63, 3.8) is 0 Å².